The van der Waals surface area contributed by atoms with Crippen LogP contribution in [-0.4, -0.2) is 34.3 Å². The van der Waals surface area contributed by atoms with Crippen LogP contribution in [-0.2, 0) is 0 Å². The third kappa shape index (κ3) is 5.00. The molecule has 9 nitrogen and oxygen atoms in total. The Bertz CT molecular complexity index is 1100. The van der Waals surface area contributed by atoms with E-state index < -0.39 is 12.0 Å². The van der Waals surface area contributed by atoms with E-state index in [4.69, 9.17) is 15.4 Å². The molecule has 2 atom stereocenters. The van der Waals surface area contributed by atoms with Gasteiger partial charge in [-0.15, -0.1) is 0 Å². The molecule has 0 radical (unpaired) electrons. The number of nitrogens with two attached hydrogens (primary N) is 1. The van der Waals surface area contributed by atoms with Gasteiger partial charge in [0.2, 0.25) is 5.88 Å². The van der Waals surface area contributed by atoms with Crippen LogP contribution in [0.3, 0.4) is 0 Å². The first-order valence-corrected chi connectivity index (χ1v) is 10.5. The second-order valence-corrected chi connectivity index (χ2v) is 7.78. The van der Waals surface area contributed by atoms with Crippen LogP contribution in [0.2, 0.25) is 0 Å². The smallest absolute Gasteiger partial charge is 0.404 e. The number of rotatable bonds is 7. The minimum absolute atomic E-state index is 0.0536. The van der Waals surface area contributed by atoms with Crippen LogP contribution in [0.15, 0.2) is 59.1 Å². The van der Waals surface area contributed by atoms with E-state index >= 15 is 0 Å². The highest BCUT2D eigenvalue weighted by Crippen LogP contribution is 2.29. The van der Waals surface area contributed by atoms with Gasteiger partial charge in [-0.2, -0.15) is 0 Å². The molecule has 2 unspecified atom stereocenters. The normalized spacial score (nSPS) is 18.0. The van der Waals surface area contributed by atoms with E-state index in [9.17, 15) is 9.59 Å². The van der Waals surface area contributed by atoms with E-state index in [0.29, 0.717) is 22.8 Å². The van der Waals surface area contributed by atoms with Crippen LogP contribution in [0.5, 0.6) is 0 Å². The van der Waals surface area contributed by atoms with Crippen LogP contribution in [0.1, 0.15) is 36.0 Å². The molecule has 0 saturated heterocycles. The minimum atomic E-state index is -1.03. The summed E-state index contributed by atoms with van der Waals surface area (Å²) in [6.45, 7) is 0. The molecule has 166 valence electrons. The zero-order chi connectivity index (χ0) is 22.5. The Morgan fingerprint density at radius 3 is 2.50 bits per heavy atom. The number of carbonyl (C=O) groups excluding carboxylic acids is 1. The maximum atomic E-state index is 12.0. The summed E-state index contributed by atoms with van der Waals surface area (Å²) in [4.78, 5) is 23.1. The number of nitrogens with zero attached hydrogens (tertiary/aromatic N) is 1. The highest BCUT2D eigenvalue weighted by atomic mass is 16.5. The molecule has 3 aromatic rings. The van der Waals surface area contributed by atoms with Gasteiger partial charge < -0.3 is 31.3 Å². The first-order valence-electron chi connectivity index (χ1n) is 10.5. The zero-order valence-corrected chi connectivity index (χ0v) is 17.4. The Morgan fingerprint density at radius 1 is 1.03 bits per heavy atom. The van der Waals surface area contributed by atoms with Gasteiger partial charge in [-0.3, -0.25) is 4.79 Å². The first kappa shape index (κ1) is 21.2. The second-order valence-electron chi connectivity index (χ2n) is 7.78. The minimum Gasteiger partial charge on any atom is -0.465 e. The van der Waals surface area contributed by atoms with E-state index in [0.717, 1.165) is 36.9 Å². The van der Waals surface area contributed by atoms with Crippen molar-refractivity contribution < 1.29 is 19.2 Å². The predicted octanol–water partition coefficient (Wildman–Crippen LogP) is 4.17. The summed E-state index contributed by atoms with van der Waals surface area (Å²) in [5.41, 5.74) is 8.63. The van der Waals surface area contributed by atoms with Gasteiger partial charge in [-0.05, 0) is 31.0 Å². The molecule has 9 heteroatoms. The maximum absolute atomic E-state index is 12.0. The molecular formula is C23H25N5O4. The van der Waals surface area contributed by atoms with Gasteiger partial charge in [-0.1, -0.05) is 48.3 Å². The van der Waals surface area contributed by atoms with Gasteiger partial charge in [0.1, 0.15) is 5.69 Å². The largest absolute Gasteiger partial charge is 0.465 e. The highest BCUT2D eigenvalue weighted by molar-refractivity contribution is 5.99. The highest BCUT2D eigenvalue weighted by Gasteiger charge is 2.26. The fourth-order valence-corrected chi connectivity index (χ4v) is 4.01. The summed E-state index contributed by atoms with van der Waals surface area (Å²) >= 11 is 0. The van der Waals surface area contributed by atoms with Crippen molar-refractivity contribution in [3.63, 3.8) is 0 Å². The van der Waals surface area contributed by atoms with E-state index in [1.54, 1.807) is 24.3 Å². The number of carbonyl (C=O) groups is 2. The molecule has 1 heterocycles. The molecular weight excluding hydrogens is 410 g/mol. The molecule has 1 aliphatic rings. The number of benzene rings is 2. The monoisotopic (exact) mass is 435 g/mol. The molecule has 1 saturated carbocycles. The topological polar surface area (TPSA) is 143 Å². The van der Waals surface area contributed by atoms with Gasteiger partial charge >= 0.3 is 6.09 Å². The molecule has 2 amide bonds. The lowest BCUT2D eigenvalue weighted by Crippen LogP contribution is -2.48. The van der Waals surface area contributed by atoms with Crippen molar-refractivity contribution in [3.05, 3.63) is 60.2 Å². The van der Waals surface area contributed by atoms with E-state index in [-0.39, 0.29) is 12.1 Å². The van der Waals surface area contributed by atoms with Crippen molar-refractivity contribution in [3.8, 4) is 11.3 Å². The van der Waals surface area contributed by atoms with E-state index in [1.807, 2.05) is 30.3 Å². The standard InChI is InChI=1S/C23H25N5O4/c24-22(29)16-11-10-15(25-17-8-4-5-9-18(17)27-23(30)31)12-20(16)26-21-13-19(28-32-21)14-6-2-1-3-7-14/h1-3,6-7,10-13,17-18,25-27H,4-5,8-9H2,(H2,24,29)(H,30,31). The Labute approximate surface area is 185 Å². The van der Waals surface area contributed by atoms with Crippen molar-refractivity contribution in [2.24, 2.45) is 5.73 Å². The average molecular weight is 435 g/mol. The number of hydrogen-bond donors (Lipinski definition) is 5. The molecule has 32 heavy (non-hydrogen) atoms. The lowest BCUT2D eigenvalue weighted by Gasteiger charge is -2.32. The van der Waals surface area contributed by atoms with Gasteiger partial charge in [0, 0.05) is 23.4 Å². The molecule has 0 bridgehead atoms. The Balaban J connectivity index is 1.55. The van der Waals surface area contributed by atoms with Crippen LogP contribution in [0.25, 0.3) is 11.3 Å². The van der Waals surface area contributed by atoms with E-state index in [1.165, 1.54) is 0 Å². The SMILES string of the molecule is NC(=O)c1ccc(NC2CCCCC2NC(=O)O)cc1Nc1cc(-c2ccccc2)no1. The van der Waals surface area contributed by atoms with Gasteiger partial charge in [-0.25, -0.2) is 4.79 Å². The average Bonchev–Trinajstić information content (AvgIpc) is 3.24. The zero-order valence-electron chi connectivity index (χ0n) is 17.4. The lowest BCUT2D eigenvalue weighted by molar-refractivity contribution is 0.100. The number of aromatic nitrogens is 1. The van der Waals surface area contributed by atoms with Crippen molar-refractivity contribution >= 4 is 29.3 Å². The number of carboxylic acid groups (broad SMARTS) is 1. The molecule has 6 N–H and O–H groups in total. The fourth-order valence-electron chi connectivity index (χ4n) is 4.01. The Hall–Kier alpha value is -4.01. The number of hydrogen-bond acceptors (Lipinski definition) is 6. The summed E-state index contributed by atoms with van der Waals surface area (Å²) in [6, 6.07) is 16.2. The van der Waals surface area contributed by atoms with Crippen LogP contribution in [0, 0.1) is 0 Å². The van der Waals surface area contributed by atoms with Crippen LogP contribution >= 0.6 is 0 Å². The Kier molecular flexibility index (Phi) is 6.25. The van der Waals surface area contributed by atoms with Crippen molar-refractivity contribution in [1.82, 2.24) is 10.5 Å². The maximum Gasteiger partial charge on any atom is 0.404 e. The first-order chi connectivity index (χ1) is 15.5. The molecule has 1 aromatic heterocycles. The number of nitrogens with one attached hydrogen (secondary N) is 3. The molecule has 0 spiro atoms. The van der Waals surface area contributed by atoms with E-state index in [2.05, 4.69) is 21.1 Å². The van der Waals surface area contributed by atoms with Gasteiger partial charge in [0.25, 0.3) is 5.91 Å². The fraction of sp³-hybridized carbons (Fsp3) is 0.261. The molecule has 4 rings (SSSR count). The molecule has 1 aliphatic carbocycles. The number of anilines is 3. The van der Waals surface area contributed by atoms with Crippen LogP contribution in [0.4, 0.5) is 22.1 Å². The molecule has 1 fully saturated rings. The number of amides is 2. The summed E-state index contributed by atoms with van der Waals surface area (Å²) in [7, 11) is 0. The van der Waals surface area contributed by atoms with Crippen molar-refractivity contribution in [2.45, 2.75) is 37.8 Å². The van der Waals surface area contributed by atoms with Crippen molar-refractivity contribution in [1.29, 1.82) is 0 Å². The lowest BCUT2D eigenvalue weighted by atomic mass is 9.90. The number of primary amides is 1. The van der Waals surface area contributed by atoms with Crippen LogP contribution < -0.4 is 21.7 Å². The summed E-state index contributed by atoms with van der Waals surface area (Å²) in [5, 5.41) is 22.3. The quantitative estimate of drug-likeness (QED) is 0.375. The third-order valence-electron chi connectivity index (χ3n) is 5.55. The predicted molar refractivity (Wildman–Crippen MR) is 121 cm³/mol. The third-order valence-corrected chi connectivity index (χ3v) is 5.55. The van der Waals surface area contributed by atoms with Crippen molar-refractivity contribution in [2.75, 3.05) is 10.6 Å². The van der Waals surface area contributed by atoms with Gasteiger partial charge in [0.05, 0.1) is 17.3 Å². The summed E-state index contributed by atoms with van der Waals surface area (Å²) < 4.78 is 5.40. The second kappa shape index (κ2) is 9.42. The summed E-state index contributed by atoms with van der Waals surface area (Å²) in [6.07, 6.45) is 2.57. The Morgan fingerprint density at radius 2 is 1.78 bits per heavy atom. The molecule has 2 aromatic carbocycles. The van der Waals surface area contributed by atoms with Gasteiger partial charge in [0.15, 0.2) is 0 Å². The summed E-state index contributed by atoms with van der Waals surface area (Å²) in [5.74, 6) is -0.212. The molecule has 0 aliphatic heterocycles.